The molecule has 0 heterocycles. The Bertz CT molecular complexity index is 381. The van der Waals surface area contributed by atoms with Gasteiger partial charge in [-0.15, -0.1) is 6.58 Å². The van der Waals surface area contributed by atoms with Crippen molar-refractivity contribution in [1.29, 1.82) is 0 Å². The number of rotatable bonds is 6. The van der Waals surface area contributed by atoms with Crippen molar-refractivity contribution in [3.05, 3.63) is 41.5 Å². The van der Waals surface area contributed by atoms with E-state index >= 15 is 0 Å². The lowest BCUT2D eigenvalue weighted by molar-refractivity contribution is 0.111. The summed E-state index contributed by atoms with van der Waals surface area (Å²) in [4.78, 5) is 11.0. The van der Waals surface area contributed by atoms with Gasteiger partial charge in [-0.2, -0.15) is 0 Å². The number of allylic oxidation sites excluding steroid dienone is 1. The molecule has 0 atom stereocenters. The van der Waals surface area contributed by atoms with E-state index in [2.05, 4.69) is 6.58 Å². The van der Waals surface area contributed by atoms with E-state index in [1.54, 1.807) is 0 Å². The molecule has 0 aliphatic carbocycles. The first-order valence-electron chi connectivity index (χ1n) is 5.55. The van der Waals surface area contributed by atoms with Crippen molar-refractivity contribution in [2.24, 2.45) is 0 Å². The normalized spacial score (nSPS) is 9.88. The highest BCUT2D eigenvalue weighted by atomic mass is 16.5. The SMILES string of the molecule is C=CCc1cc(C)cc(C=O)c1OCCC. The van der Waals surface area contributed by atoms with Crippen molar-refractivity contribution in [3.8, 4) is 5.75 Å². The van der Waals surface area contributed by atoms with E-state index in [1.165, 1.54) is 0 Å². The van der Waals surface area contributed by atoms with Crippen LogP contribution in [0.1, 0.15) is 34.8 Å². The van der Waals surface area contributed by atoms with Crippen LogP contribution in [0.3, 0.4) is 0 Å². The molecule has 0 aromatic heterocycles. The maximum Gasteiger partial charge on any atom is 0.153 e. The van der Waals surface area contributed by atoms with Gasteiger partial charge in [-0.05, 0) is 37.0 Å². The van der Waals surface area contributed by atoms with Gasteiger partial charge in [-0.25, -0.2) is 0 Å². The highest BCUT2D eigenvalue weighted by Gasteiger charge is 2.09. The maximum atomic E-state index is 11.0. The van der Waals surface area contributed by atoms with Gasteiger partial charge in [0, 0.05) is 0 Å². The van der Waals surface area contributed by atoms with Gasteiger partial charge in [0.2, 0.25) is 0 Å². The third-order valence-electron chi connectivity index (χ3n) is 2.28. The lowest BCUT2D eigenvalue weighted by Crippen LogP contribution is -2.02. The molecular formula is C14H18O2. The van der Waals surface area contributed by atoms with Crippen LogP contribution in [-0.4, -0.2) is 12.9 Å². The molecule has 0 unspecified atom stereocenters. The average Bonchev–Trinajstić information content (AvgIpc) is 2.27. The monoisotopic (exact) mass is 218 g/mol. The zero-order valence-electron chi connectivity index (χ0n) is 9.95. The highest BCUT2D eigenvalue weighted by Crippen LogP contribution is 2.25. The van der Waals surface area contributed by atoms with E-state index in [9.17, 15) is 4.79 Å². The van der Waals surface area contributed by atoms with Gasteiger partial charge in [0.1, 0.15) is 5.75 Å². The fraction of sp³-hybridized carbons (Fsp3) is 0.357. The predicted octanol–water partition coefficient (Wildman–Crippen LogP) is 3.32. The van der Waals surface area contributed by atoms with Crippen LogP contribution < -0.4 is 4.74 Å². The number of carbonyl (C=O) groups excluding carboxylic acids is 1. The van der Waals surface area contributed by atoms with Crippen LogP contribution in [0.25, 0.3) is 0 Å². The van der Waals surface area contributed by atoms with E-state index < -0.39 is 0 Å². The maximum absolute atomic E-state index is 11.0. The van der Waals surface area contributed by atoms with E-state index in [0.717, 1.165) is 30.3 Å². The summed E-state index contributed by atoms with van der Waals surface area (Å²) in [5.41, 5.74) is 2.73. The fourth-order valence-electron chi connectivity index (χ4n) is 1.65. The average molecular weight is 218 g/mol. The molecule has 0 aliphatic rings. The van der Waals surface area contributed by atoms with Crippen LogP contribution in [0.15, 0.2) is 24.8 Å². The molecular weight excluding hydrogens is 200 g/mol. The summed E-state index contributed by atoms with van der Waals surface area (Å²) in [6.45, 7) is 8.37. The summed E-state index contributed by atoms with van der Waals surface area (Å²) in [7, 11) is 0. The molecule has 0 amide bonds. The topological polar surface area (TPSA) is 26.3 Å². The highest BCUT2D eigenvalue weighted by molar-refractivity contribution is 5.80. The lowest BCUT2D eigenvalue weighted by Gasteiger charge is -2.13. The molecule has 1 rings (SSSR count). The third kappa shape index (κ3) is 2.96. The Morgan fingerprint density at radius 3 is 2.75 bits per heavy atom. The van der Waals surface area contributed by atoms with E-state index in [1.807, 2.05) is 32.1 Å². The number of hydrogen-bond acceptors (Lipinski definition) is 2. The van der Waals surface area contributed by atoms with Crippen LogP contribution in [0.2, 0.25) is 0 Å². The summed E-state index contributed by atoms with van der Waals surface area (Å²) in [6, 6.07) is 3.89. The summed E-state index contributed by atoms with van der Waals surface area (Å²) < 4.78 is 5.64. The van der Waals surface area contributed by atoms with E-state index in [4.69, 9.17) is 4.74 Å². The molecule has 0 saturated heterocycles. The molecule has 0 N–H and O–H groups in total. The van der Waals surface area contributed by atoms with Crippen molar-refractivity contribution < 1.29 is 9.53 Å². The summed E-state index contributed by atoms with van der Waals surface area (Å²) >= 11 is 0. The van der Waals surface area contributed by atoms with Gasteiger partial charge in [0.25, 0.3) is 0 Å². The van der Waals surface area contributed by atoms with Gasteiger partial charge in [0.05, 0.1) is 12.2 Å². The lowest BCUT2D eigenvalue weighted by atomic mass is 10.0. The van der Waals surface area contributed by atoms with E-state index in [-0.39, 0.29) is 0 Å². The molecule has 0 spiro atoms. The van der Waals surface area contributed by atoms with Gasteiger partial charge in [0.15, 0.2) is 6.29 Å². The van der Waals surface area contributed by atoms with Crippen molar-refractivity contribution in [2.45, 2.75) is 26.7 Å². The number of ether oxygens (including phenoxy) is 1. The molecule has 16 heavy (non-hydrogen) atoms. The fourth-order valence-corrected chi connectivity index (χ4v) is 1.65. The molecule has 0 radical (unpaired) electrons. The Hall–Kier alpha value is -1.57. The zero-order chi connectivity index (χ0) is 12.0. The number of hydrogen-bond donors (Lipinski definition) is 0. The summed E-state index contributed by atoms with van der Waals surface area (Å²) in [6.07, 6.45) is 4.33. The van der Waals surface area contributed by atoms with Gasteiger partial charge in [-0.3, -0.25) is 4.79 Å². The Labute approximate surface area is 96.9 Å². The van der Waals surface area contributed by atoms with Crippen molar-refractivity contribution >= 4 is 6.29 Å². The van der Waals surface area contributed by atoms with Crippen molar-refractivity contribution in [1.82, 2.24) is 0 Å². The summed E-state index contributed by atoms with van der Waals surface area (Å²) in [5.74, 6) is 0.711. The Morgan fingerprint density at radius 1 is 1.44 bits per heavy atom. The Balaban J connectivity index is 3.15. The molecule has 2 heteroatoms. The van der Waals surface area contributed by atoms with Crippen molar-refractivity contribution in [3.63, 3.8) is 0 Å². The molecule has 0 bridgehead atoms. The second-order valence-corrected chi connectivity index (χ2v) is 3.80. The number of benzene rings is 1. The molecule has 1 aromatic carbocycles. The van der Waals surface area contributed by atoms with E-state index in [0.29, 0.717) is 17.9 Å². The minimum atomic E-state index is 0.630. The molecule has 2 nitrogen and oxygen atoms in total. The summed E-state index contributed by atoms with van der Waals surface area (Å²) in [5, 5.41) is 0. The third-order valence-corrected chi connectivity index (χ3v) is 2.28. The first kappa shape index (κ1) is 12.5. The minimum absolute atomic E-state index is 0.630. The molecule has 86 valence electrons. The second-order valence-electron chi connectivity index (χ2n) is 3.80. The number of aryl methyl sites for hydroxylation is 1. The molecule has 0 fully saturated rings. The Morgan fingerprint density at radius 2 is 2.19 bits per heavy atom. The molecule has 1 aromatic rings. The second kappa shape index (κ2) is 6.11. The van der Waals surface area contributed by atoms with Crippen LogP contribution in [0, 0.1) is 6.92 Å². The van der Waals surface area contributed by atoms with Crippen LogP contribution in [0.4, 0.5) is 0 Å². The first-order chi connectivity index (χ1) is 7.72. The molecule has 0 saturated carbocycles. The van der Waals surface area contributed by atoms with Gasteiger partial charge < -0.3 is 4.74 Å². The van der Waals surface area contributed by atoms with Gasteiger partial charge >= 0.3 is 0 Å². The van der Waals surface area contributed by atoms with Gasteiger partial charge in [-0.1, -0.05) is 19.1 Å². The molecule has 0 aliphatic heterocycles. The van der Waals surface area contributed by atoms with Crippen molar-refractivity contribution in [2.75, 3.05) is 6.61 Å². The standard InChI is InChI=1S/C14H18O2/c1-4-6-12-8-11(3)9-13(10-15)14(12)16-7-5-2/h4,8-10H,1,5-7H2,2-3H3. The smallest absolute Gasteiger partial charge is 0.153 e. The predicted molar refractivity (Wildman–Crippen MR) is 66.3 cm³/mol. The number of aldehydes is 1. The van der Waals surface area contributed by atoms with Crippen LogP contribution in [-0.2, 0) is 6.42 Å². The van der Waals surface area contributed by atoms with Crippen LogP contribution in [0.5, 0.6) is 5.75 Å². The quantitative estimate of drug-likeness (QED) is 0.541. The Kier molecular flexibility index (Phi) is 4.77. The number of carbonyl (C=O) groups is 1. The minimum Gasteiger partial charge on any atom is -0.493 e. The zero-order valence-corrected chi connectivity index (χ0v) is 9.95. The largest absolute Gasteiger partial charge is 0.493 e. The first-order valence-corrected chi connectivity index (χ1v) is 5.55. The van der Waals surface area contributed by atoms with Crippen LogP contribution >= 0.6 is 0 Å².